The Balaban J connectivity index is 3.49. The summed E-state index contributed by atoms with van der Waals surface area (Å²) < 4.78 is 75.7. The minimum atomic E-state index is -4.94. The molecule has 0 spiro atoms. The van der Waals surface area contributed by atoms with Gasteiger partial charge in [0.25, 0.3) is 0 Å². The molecule has 8 heteroatoms. The van der Waals surface area contributed by atoms with Crippen LogP contribution in [0.1, 0.15) is 36.0 Å². The second-order valence-electron chi connectivity index (χ2n) is 4.20. The number of carbonyl (C=O) groups excluding carboxylic acids is 1. The van der Waals surface area contributed by atoms with E-state index in [9.17, 15) is 31.1 Å². The molecule has 20 heavy (non-hydrogen) atoms. The molecular formula is C12H11F6NO. The molecule has 0 heterocycles. The van der Waals surface area contributed by atoms with Crippen molar-refractivity contribution in [3.8, 4) is 0 Å². The van der Waals surface area contributed by atoms with Crippen LogP contribution in [-0.4, -0.2) is 5.91 Å². The van der Waals surface area contributed by atoms with Crippen molar-refractivity contribution in [2.75, 3.05) is 0 Å². The maximum Gasteiger partial charge on any atom is 0.416 e. The van der Waals surface area contributed by atoms with E-state index in [1.807, 2.05) is 0 Å². The van der Waals surface area contributed by atoms with Crippen LogP contribution in [0.2, 0.25) is 0 Å². The van der Waals surface area contributed by atoms with Gasteiger partial charge in [-0.05, 0) is 30.2 Å². The molecule has 0 fully saturated rings. The summed E-state index contributed by atoms with van der Waals surface area (Å²) >= 11 is 0. The topological polar surface area (TPSA) is 43.1 Å². The van der Waals surface area contributed by atoms with Crippen LogP contribution in [0.5, 0.6) is 0 Å². The van der Waals surface area contributed by atoms with Crippen molar-refractivity contribution in [3.63, 3.8) is 0 Å². The van der Waals surface area contributed by atoms with E-state index in [4.69, 9.17) is 5.73 Å². The van der Waals surface area contributed by atoms with Crippen molar-refractivity contribution < 1.29 is 31.1 Å². The van der Waals surface area contributed by atoms with Gasteiger partial charge in [-0.15, -0.1) is 0 Å². The molecule has 0 aliphatic heterocycles. The number of nitrogens with two attached hydrogens (primary N) is 1. The molecule has 1 unspecified atom stereocenters. The van der Waals surface area contributed by atoms with Crippen LogP contribution in [0.4, 0.5) is 26.3 Å². The Morgan fingerprint density at radius 2 is 1.45 bits per heavy atom. The van der Waals surface area contributed by atoms with Gasteiger partial charge in [0.1, 0.15) is 0 Å². The van der Waals surface area contributed by atoms with Gasteiger partial charge in [-0.25, -0.2) is 0 Å². The largest absolute Gasteiger partial charge is 0.416 e. The Labute approximate surface area is 110 Å². The van der Waals surface area contributed by atoms with Crippen molar-refractivity contribution in [2.45, 2.75) is 31.6 Å². The van der Waals surface area contributed by atoms with Crippen LogP contribution in [-0.2, 0) is 17.1 Å². The third-order valence-electron chi connectivity index (χ3n) is 2.76. The number of rotatable bonds is 3. The molecule has 1 aromatic carbocycles. The van der Waals surface area contributed by atoms with Crippen LogP contribution in [0.25, 0.3) is 0 Å². The van der Waals surface area contributed by atoms with E-state index in [1.165, 1.54) is 6.92 Å². The lowest BCUT2D eigenvalue weighted by atomic mass is 9.92. The monoisotopic (exact) mass is 299 g/mol. The lowest BCUT2D eigenvalue weighted by molar-refractivity contribution is -0.143. The molecule has 112 valence electrons. The highest BCUT2D eigenvalue weighted by Gasteiger charge is 2.37. The highest BCUT2D eigenvalue weighted by atomic mass is 19.4. The first-order chi connectivity index (χ1) is 8.96. The zero-order valence-corrected chi connectivity index (χ0v) is 10.3. The quantitative estimate of drug-likeness (QED) is 0.850. The summed E-state index contributed by atoms with van der Waals surface area (Å²) in [5.41, 5.74) is 1.70. The molecule has 1 amide bonds. The molecule has 2 N–H and O–H groups in total. The highest BCUT2D eigenvalue weighted by molar-refractivity contribution is 5.82. The molecule has 1 rings (SSSR count). The number of halogens is 6. The SMILES string of the molecule is CCC(C(N)=O)c1cc(C(F)(F)F)cc(C(F)(F)F)c1. The van der Waals surface area contributed by atoms with Gasteiger partial charge in [0.05, 0.1) is 17.0 Å². The van der Waals surface area contributed by atoms with E-state index in [0.29, 0.717) is 12.1 Å². The predicted molar refractivity (Wildman–Crippen MR) is 58.7 cm³/mol. The minimum absolute atomic E-state index is 0.00788. The second kappa shape index (κ2) is 5.34. The summed E-state index contributed by atoms with van der Waals surface area (Å²) in [5.74, 6) is -2.17. The number of alkyl halides is 6. The number of hydrogen-bond acceptors (Lipinski definition) is 1. The fourth-order valence-corrected chi connectivity index (χ4v) is 1.78. The predicted octanol–water partition coefficient (Wildman–Crippen LogP) is 3.70. The Hall–Kier alpha value is -1.73. The Kier molecular flexibility index (Phi) is 4.36. The fourth-order valence-electron chi connectivity index (χ4n) is 1.78. The number of hydrogen-bond donors (Lipinski definition) is 1. The first kappa shape index (κ1) is 16.3. The van der Waals surface area contributed by atoms with Gasteiger partial charge >= 0.3 is 12.4 Å². The molecule has 0 aliphatic rings. The molecule has 1 aromatic rings. The van der Waals surface area contributed by atoms with Crippen molar-refractivity contribution in [2.24, 2.45) is 5.73 Å². The van der Waals surface area contributed by atoms with E-state index in [1.54, 1.807) is 0 Å². The maximum absolute atomic E-state index is 12.6. The van der Waals surface area contributed by atoms with E-state index in [2.05, 4.69) is 0 Å². The number of amides is 1. The minimum Gasteiger partial charge on any atom is -0.369 e. The van der Waals surface area contributed by atoms with E-state index in [0.717, 1.165) is 0 Å². The molecular weight excluding hydrogens is 288 g/mol. The molecule has 0 saturated heterocycles. The lowest BCUT2D eigenvalue weighted by Crippen LogP contribution is -2.22. The number of primary amides is 1. The summed E-state index contributed by atoms with van der Waals surface area (Å²) in [6.07, 6.45) is -9.87. The first-order valence-electron chi connectivity index (χ1n) is 5.55. The molecule has 0 aromatic heterocycles. The summed E-state index contributed by atoms with van der Waals surface area (Å²) in [4.78, 5) is 11.1. The van der Waals surface area contributed by atoms with Gasteiger partial charge in [-0.3, -0.25) is 4.79 Å². The molecule has 0 aliphatic carbocycles. The van der Waals surface area contributed by atoms with Gasteiger partial charge in [-0.1, -0.05) is 6.92 Å². The molecule has 0 saturated carbocycles. The Morgan fingerprint density at radius 1 is 1.05 bits per heavy atom. The lowest BCUT2D eigenvalue weighted by Gasteiger charge is -2.17. The summed E-state index contributed by atoms with van der Waals surface area (Å²) in [6.45, 7) is 1.45. The van der Waals surface area contributed by atoms with Crippen LogP contribution in [0.3, 0.4) is 0 Å². The maximum atomic E-state index is 12.6. The number of benzene rings is 1. The van der Waals surface area contributed by atoms with Crippen LogP contribution in [0, 0.1) is 0 Å². The first-order valence-corrected chi connectivity index (χ1v) is 5.55. The van der Waals surface area contributed by atoms with Crippen LogP contribution >= 0.6 is 0 Å². The summed E-state index contributed by atoms with van der Waals surface area (Å²) in [5, 5.41) is 0. The zero-order valence-electron chi connectivity index (χ0n) is 10.3. The normalized spacial score (nSPS) is 14.2. The second-order valence-corrected chi connectivity index (χ2v) is 4.20. The number of carbonyl (C=O) groups is 1. The third kappa shape index (κ3) is 3.64. The van der Waals surface area contributed by atoms with E-state index < -0.39 is 35.3 Å². The highest BCUT2D eigenvalue weighted by Crippen LogP contribution is 2.38. The van der Waals surface area contributed by atoms with Gasteiger partial charge in [0, 0.05) is 0 Å². The Morgan fingerprint density at radius 3 is 1.70 bits per heavy atom. The summed E-state index contributed by atoms with van der Waals surface area (Å²) in [6, 6.07) is 1.06. The van der Waals surface area contributed by atoms with Crippen molar-refractivity contribution in [3.05, 3.63) is 34.9 Å². The molecule has 0 radical (unpaired) electrons. The standard InChI is InChI=1S/C12H11F6NO/c1-2-9(10(19)20)6-3-7(11(13,14)15)5-8(4-6)12(16,17)18/h3-5,9H,2H2,1H3,(H2,19,20). The van der Waals surface area contributed by atoms with Crippen LogP contribution < -0.4 is 5.73 Å². The van der Waals surface area contributed by atoms with Gasteiger partial charge < -0.3 is 5.73 Å². The average Bonchev–Trinajstić information content (AvgIpc) is 2.26. The molecule has 1 atom stereocenters. The van der Waals surface area contributed by atoms with Crippen molar-refractivity contribution in [1.82, 2.24) is 0 Å². The van der Waals surface area contributed by atoms with Gasteiger partial charge in [0.2, 0.25) is 5.91 Å². The van der Waals surface area contributed by atoms with Crippen molar-refractivity contribution in [1.29, 1.82) is 0 Å². The van der Waals surface area contributed by atoms with E-state index in [-0.39, 0.29) is 18.1 Å². The average molecular weight is 299 g/mol. The van der Waals surface area contributed by atoms with Crippen LogP contribution in [0.15, 0.2) is 18.2 Å². The Bertz CT molecular complexity index is 473. The van der Waals surface area contributed by atoms with E-state index >= 15 is 0 Å². The molecule has 2 nitrogen and oxygen atoms in total. The van der Waals surface area contributed by atoms with Gasteiger partial charge in [0.15, 0.2) is 0 Å². The molecule has 0 bridgehead atoms. The van der Waals surface area contributed by atoms with Crippen molar-refractivity contribution >= 4 is 5.91 Å². The smallest absolute Gasteiger partial charge is 0.369 e. The zero-order chi connectivity index (χ0) is 15.7. The fraction of sp³-hybridized carbons (Fsp3) is 0.417. The third-order valence-corrected chi connectivity index (χ3v) is 2.76. The van der Waals surface area contributed by atoms with Gasteiger partial charge in [-0.2, -0.15) is 26.3 Å². The summed E-state index contributed by atoms with van der Waals surface area (Å²) in [7, 11) is 0.